The van der Waals surface area contributed by atoms with Gasteiger partial charge in [-0.1, -0.05) is 34.1 Å². The Morgan fingerprint density at radius 1 is 1.00 bits per heavy atom. The minimum absolute atomic E-state index is 0.436. The van der Waals surface area contributed by atoms with Crippen molar-refractivity contribution in [2.75, 3.05) is 0 Å². The molecule has 2 aromatic carbocycles. The van der Waals surface area contributed by atoms with Gasteiger partial charge in [0.1, 0.15) is 0 Å². The normalized spacial score (nSPS) is 10.4. The van der Waals surface area contributed by atoms with Gasteiger partial charge >= 0.3 is 0 Å². The lowest BCUT2D eigenvalue weighted by molar-refractivity contribution is 0.100. The third kappa shape index (κ3) is 2.68. The molecule has 2 aromatic rings. The average molecular weight is 434 g/mol. The zero-order chi connectivity index (χ0) is 13.3. The van der Waals surface area contributed by atoms with Crippen LogP contribution in [0.1, 0.15) is 10.4 Å². The highest BCUT2D eigenvalue weighted by Gasteiger charge is 2.14. The van der Waals surface area contributed by atoms with Crippen LogP contribution in [0.4, 0.5) is 0 Å². The second-order valence-corrected chi connectivity index (χ2v) is 6.22. The van der Waals surface area contributed by atoms with Gasteiger partial charge in [-0.3, -0.25) is 4.79 Å². The van der Waals surface area contributed by atoms with Gasteiger partial charge in [-0.15, -0.1) is 0 Å². The van der Waals surface area contributed by atoms with E-state index in [0.717, 1.165) is 24.5 Å². The first-order valence-corrected chi connectivity index (χ1v) is 7.42. The van der Waals surface area contributed by atoms with Gasteiger partial charge in [-0.25, -0.2) is 0 Å². The third-order valence-corrected chi connectivity index (χ3v) is 4.95. The molecule has 0 aliphatic rings. The highest BCUT2D eigenvalue weighted by molar-refractivity contribution is 9.13. The number of hydrogen-bond donors (Lipinski definition) is 1. The van der Waals surface area contributed by atoms with Crippen LogP contribution in [-0.4, -0.2) is 5.91 Å². The topological polar surface area (TPSA) is 43.1 Å². The maximum atomic E-state index is 11.5. The molecular weight excluding hydrogens is 426 g/mol. The molecule has 2 N–H and O–H groups in total. The van der Waals surface area contributed by atoms with Crippen molar-refractivity contribution >= 4 is 53.7 Å². The van der Waals surface area contributed by atoms with E-state index in [9.17, 15) is 4.79 Å². The zero-order valence-corrected chi connectivity index (χ0v) is 13.8. The quantitative estimate of drug-likeness (QED) is 0.683. The van der Waals surface area contributed by atoms with E-state index in [1.54, 1.807) is 12.1 Å². The van der Waals surface area contributed by atoms with Gasteiger partial charge in [0.15, 0.2) is 0 Å². The van der Waals surface area contributed by atoms with Gasteiger partial charge < -0.3 is 5.73 Å². The molecule has 2 rings (SSSR count). The molecule has 0 saturated heterocycles. The van der Waals surface area contributed by atoms with Crippen molar-refractivity contribution in [2.45, 2.75) is 0 Å². The summed E-state index contributed by atoms with van der Waals surface area (Å²) in [7, 11) is 0. The van der Waals surface area contributed by atoms with Crippen LogP contribution in [0.2, 0.25) is 0 Å². The number of hydrogen-bond acceptors (Lipinski definition) is 1. The minimum atomic E-state index is -0.436. The van der Waals surface area contributed by atoms with Crippen LogP contribution in [0.5, 0.6) is 0 Å². The molecule has 0 radical (unpaired) electrons. The molecule has 18 heavy (non-hydrogen) atoms. The number of primary amides is 1. The number of halogens is 3. The molecular formula is C13H8Br3NO. The van der Waals surface area contributed by atoms with E-state index in [1.807, 2.05) is 24.3 Å². The Kier molecular flexibility index (Phi) is 4.25. The van der Waals surface area contributed by atoms with Crippen LogP contribution < -0.4 is 5.73 Å². The highest BCUT2D eigenvalue weighted by Crippen LogP contribution is 2.38. The summed E-state index contributed by atoms with van der Waals surface area (Å²) < 4.78 is 2.72. The summed E-state index contributed by atoms with van der Waals surface area (Å²) in [4.78, 5) is 11.5. The van der Waals surface area contributed by atoms with E-state index in [1.165, 1.54) is 0 Å². The van der Waals surface area contributed by atoms with Crippen LogP contribution in [0.3, 0.4) is 0 Å². The van der Waals surface area contributed by atoms with E-state index < -0.39 is 5.91 Å². The highest BCUT2D eigenvalue weighted by atomic mass is 79.9. The molecule has 92 valence electrons. The van der Waals surface area contributed by atoms with Gasteiger partial charge in [0.2, 0.25) is 5.91 Å². The Balaban J connectivity index is 2.73. The summed E-state index contributed by atoms with van der Waals surface area (Å²) in [5.74, 6) is -0.436. The van der Waals surface area contributed by atoms with Crippen LogP contribution in [0.15, 0.2) is 49.8 Å². The molecule has 0 bridgehead atoms. The van der Waals surface area contributed by atoms with E-state index in [0.29, 0.717) is 5.56 Å². The molecule has 0 spiro atoms. The molecule has 1 amide bonds. The SMILES string of the molecule is NC(=O)c1ccccc1-c1cc(Br)cc(Br)c1Br. The predicted octanol–water partition coefficient (Wildman–Crippen LogP) is 4.74. The Morgan fingerprint density at radius 2 is 1.67 bits per heavy atom. The number of rotatable bonds is 2. The number of nitrogens with two attached hydrogens (primary N) is 1. The summed E-state index contributed by atoms with van der Waals surface area (Å²) in [6.07, 6.45) is 0. The van der Waals surface area contributed by atoms with E-state index in [4.69, 9.17) is 5.73 Å². The third-order valence-electron chi connectivity index (χ3n) is 2.48. The second-order valence-electron chi connectivity index (χ2n) is 3.66. The monoisotopic (exact) mass is 431 g/mol. The average Bonchev–Trinajstić information content (AvgIpc) is 2.33. The summed E-state index contributed by atoms with van der Waals surface area (Å²) in [6.45, 7) is 0. The molecule has 0 atom stereocenters. The van der Waals surface area contributed by atoms with Gasteiger partial charge in [0.25, 0.3) is 0 Å². The van der Waals surface area contributed by atoms with Crippen molar-refractivity contribution in [3.63, 3.8) is 0 Å². The van der Waals surface area contributed by atoms with Crippen LogP contribution in [0, 0.1) is 0 Å². The van der Waals surface area contributed by atoms with Crippen molar-refractivity contribution in [1.82, 2.24) is 0 Å². The van der Waals surface area contributed by atoms with Crippen molar-refractivity contribution in [3.05, 3.63) is 55.4 Å². The molecule has 5 heteroatoms. The summed E-state index contributed by atoms with van der Waals surface area (Å²) >= 11 is 10.4. The fourth-order valence-corrected chi connectivity index (χ4v) is 3.35. The summed E-state index contributed by atoms with van der Waals surface area (Å²) in [5, 5.41) is 0. The Hall–Kier alpha value is -0.650. The van der Waals surface area contributed by atoms with Gasteiger partial charge in [-0.05, 0) is 61.2 Å². The van der Waals surface area contributed by atoms with E-state index >= 15 is 0 Å². The summed E-state index contributed by atoms with van der Waals surface area (Å²) in [5.41, 5.74) is 7.62. The van der Waals surface area contributed by atoms with Gasteiger partial charge in [0, 0.05) is 19.0 Å². The largest absolute Gasteiger partial charge is 0.366 e. The lowest BCUT2D eigenvalue weighted by atomic mass is 9.99. The van der Waals surface area contributed by atoms with Crippen molar-refractivity contribution in [2.24, 2.45) is 5.73 Å². The summed E-state index contributed by atoms with van der Waals surface area (Å²) in [6, 6.07) is 11.1. The first kappa shape index (κ1) is 13.8. The van der Waals surface area contributed by atoms with Crippen LogP contribution in [0.25, 0.3) is 11.1 Å². The molecule has 0 aliphatic heterocycles. The fourth-order valence-electron chi connectivity index (χ4n) is 1.68. The minimum Gasteiger partial charge on any atom is -0.366 e. The van der Waals surface area contributed by atoms with Crippen molar-refractivity contribution in [1.29, 1.82) is 0 Å². The van der Waals surface area contributed by atoms with Crippen LogP contribution >= 0.6 is 47.8 Å². The number of amides is 1. The zero-order valence-electron chi connectivity index (χ0n) is 9.08. The first-order valence-electron chi connectivity index (χ1n) is 5.04. The Labute approximate surface area is 130 Å². The van der Waals surface area contributed by atoms with E-state index in [-0.39, 0.29) is 0 Å². The maximum absolute atomic E-state index is 11.5. The standard InChI is InChI=1S/C13H8Br3NO/c14-7-5-10(12(16)11(15)6-7)8-3-1-2-4-9(8)13(17)18/h1-6H,(H2,17,18). The number of benzene rings is 2. The van der Waals surface area contributed by atoms with E-state index in [2.05, 4.69) is 47.8 Å². The molecule has 2 nitrogen and oxygen atoms in total. The molecule has 0 unspecified atom stereocenters. The van der Waals surface area contributed by atoms with Crippen molar-refractivity contribution in [3.8, 4) is 11.1 Å². The Morgan fingerprint density at radius 3 is 2.33 bits per heavy atom. The van der Waals surface area contributed by atoms with Crippen molar-refractivity contribution < 1.29 is 4.79 Å². The maximum Gasteiger partial charge on any atom is 0.249 e. The number of carbonyl (C=O) groups is 1. The second kappa shape index (κ2) is 5.55. The van der Waals surface area contributed by atoms with Gasteiger partial charge in [-0.2, -0.15) is 0 Å². The molecule has 0 saturated carbocycles. The first-order chi connectivity index (χ1) is 8.50. The predicted molar refractivity (Wildman–Crippen MR) is 83.5 cm³/mol. The van der Waals surface area contributed by atoms with Gasteiger partial charge in [0.05, 0.1) is 0 Å². The molecule has 0 heterocycles. The number of carbonyl (C=O) groups excluding carboxylic acids is 1. The molecule has 0 aliphatic carbocycles. The molecule has 0 aromatic heterocycles. The molecule has 0 fully saturated rings. The fraction of sp³-hybridized carbons (Fsp3) is 0. The Bertz CT molecular complexity index is 626. The van der Waals surface area contributed by atoms with Crippen LogP contribution in [-0.2, 0) is 0 Å². The lowest BCUT2D eigenvalue weighted by Gasteiger charge is -2.11. The smallest absolute Gasteiger partial charge is 0.249 e. The lowest BCUT2D eigenvalue weighted by Crippen LogP contribution is -2.12.